The second-order valence-electron chi connectivity index (χ2n) is 5.94. The van der Waals surface area contributed by atoms with Gasteiger partial charge < -0.3 is 9.73 Å². The van der Waals surface area contributed by atoms with Gasteiger partial charge in [-0.15, -0.1) is 0 Å². The molecule has 0 bridgehead atoms. The van der Waals surface area contributed by atoms with Crippen molar-refractivity contribution in [1.82, 2.24) is 0 Å². The highest BCUT2D eigenvalue weighted by Gasteiger charge is 2.36. The van der Waals surface area contributed by atoms with Crippen LogP contribution < -0.4 is 5.32 Å². The van der Waals surface area contributed by atoms with Crippen molar-refractivity contribution in [1.29, 1.82) is 0 Å². The van der Waals surface area contributed by atoms with Crippen molar-refractivity contribution in [2.75, 3.05) is 5.32 Å². The minimum atomic E-state index is 0.661. The predicted molar refractivity (Wildman–Crippen MR) is 83.1 cm³/mol. The van der Waals surface area contributed by atoms with E-state index in [0.717, 1.165) is 30.4 Å². The molecule has 1 aromatic heterocycles. The Balaban J connectivity index is 1.69. The molecular formula is C18H23NO. The average Bonchev–Trinajstić information content (AvgIpc) is 3.00. The van der Waals surface area contributed by atoms with E-state index in [9.17, 15) is 0 Å². The molecule has 2 atom stereocenters. The Morgan fingerprint density at radius 3 is 2.75 bits per heavy atom. The predicted octanol–water partition coefficient (Wildman–Crippen LogP) is 4.89. The van der Waals surface area contributed by atoms with Gasteiger partial charge in [-0.1, -0.05) is 32.0 Å². The highest BCUT2D eigenvalue weighted by molar-refractivity contribution is 5.57. The summed E-state index contributed by atoms with van der Waals surface area (Å²) in [6.07, 6.45) is 2.32. The summed E-state index contributed by atoms with van der Waals surface area (Å²) in [5, 5.41) is 3.54. The number of rotatable bonds is 5. The Morgan fingerprint density at radius 1 is 1.25 bits per heavy atom. The number of furan rings is 1. The second-order valence-corrected chi connectivity index (χ2v) is 5.94. The monoisotopic (exact) mass is 269 g/mol. The number of anilines is 1. The molecule has 0 amide bonds. The molecule has 1 aliphatic rings. The van der Waals surface area contributed by atoms with Gasteiger partial charge in [-0.2, -0.15) is 0 Å². The molecule has 2 unspecified atom stereocenters. The summed E-state index contributed by atoms with van der Waals surface area (Å²) < 4.78 is 5.95. The zero-order chi connectivity index (χ0) is 14.1. The largest absolute Gasteiger partial charge is 0.464 e. The molecule has 1 aliphatic carbocycles. The zero-order valence-electron chi connectivity index (χ0n) is 12.6. The van der Waals surface area contributed by atoms with E-state index in [4.69, 9.17) is 4.42 Å². The SMILES string of the molecule is CCc1cccc(C)c1NCc1ccc(C2CC2C)o1. The fourth-order valence-corrected chi connectivity index (χ4v) is 2.86. The maximum Gasteiger partial charge on any atom is 0.123 e. The van der Waals surface area contributed by atoms with E-state index in [2.05, 4.69) is 56.4 Å². The first-order chi connectivity index (χ1) is 9.69. The number of hydrogen-bond acceptors (Lipinski definition) is 2. The van der Waals surface area contributed by atoms with Crippen molar-refractivity contribution in [3.63, 3.8) is 0 Å². The quantitative estimate of drug-likeness (QED) is 0.836. The molecule has 1 N–H and O–H groups in total. The molecule has 0 spiro atoms. The molecule has 1 fully saturated rings. The summed E-state index contributed by atoms with van der Waals surface area (Å²) in [5.74, 6) is 3.65. The first kappa shape index (κ1) is 13.3. The first-order valence-corrected chi connectivity index (χ1v) is 7.60. The van der Waals surface area contributed by atoms with Crippen LogP contribution >= 0.6 is 0 Å². The topological polar surface area (TPSA) is 25.2 Å². The molecule has 0 saturated heterocycles. The van der Waals surface area contributed by atoms with Gasteiger partial charge in [0, 0.05) is 11.6 Å². The van der Waals surface area contributed by atoms with E-state index in [1.165, 1.54) is 23.2 Å². The van der Waals surface area contributed by atoms with Crippen LogP contribution in [0.4, 0.5) is 5.69 Å². The van der Waals surface area contributed by atoms with Crippen LogP contribution in [-0.4, -0.2) is 0 Å². The van der Waals surface area contributed by atoms with Gasteiger partial charge in [0.2, 0.25) is 0 Å². The fourth-order valence-electron chi connectivity index (χ4n) is 2.86. The number of para-hydroxylation sites is 1. The Bertz CT molecular complexity index is 599. The third-order valence-corrected chi connectivity index (χ3v) is 4.34. The Kier molecular flexibility index (Phi) is 3.56. The zero-order valence-corrected chi connectivity index (χ0v) is 12.6. The third kappa shape index (κ3) is 2.60. The number of hydrogen-bond donors (Lipinski definition) is 1. The normalized spacial score (nSPS) is 20.9. The maximum atomic E-state index is 5.95. The van der Waals surface area contributed by atoms with Crippen LogP contribution in [0.1, 0.15) is 48.8 Å². The molecule has 1 aromatic carbocycles. The minimum Gasteiger partial charge on any atom is -0.464 e. The maximum absolute atomic E-state index is 5.95. The molecule has 2 nitrogen and oxygen atoms in total. The van der Waals surface area contributed by atoms with E-state index in [1.54, 1.807) is 0 Å². The molecule has 0 radical (unpaired) electrons. The molecule has 2 aromatic rings. The standard InChI is InChI=1S/C18H23NO/c1-4-14-7-5-6-12(2)18(14)19-11-15-8-9-17(20-15)16-10-13(16)3/h5-9,13,16,19H,4,10-11H2,1-3H3. The molecule has 1 heterocycles. The molecule has 3 rings (SSSR count). The number of nitrogens with one attached hydrogen (secondary N) is 1. The van der Waals surface area contributed by atoms with Gasteiger partial charge in [-0.05, 0) is 48.9 Å². The first-order valence-electron chi connectivity index (χ1n) is 7.60. The lowest BCUT2D eigenvalue weighted by atomic mass is 10.1. The fraction of sp³-hybridized carbons (Fsp3) is 0.444. The van der Waals surface area contributed by atoms with Crippen molar-refractivity contribution in [2.24, 2.45) is 5.92 Å². The minimum absolute atomic E-state index is 0.661. The lowest BCUT2D eigenvalue weighted by molar-refractivity contribution is 0.468. The third-order valence-electron chi connectivity index (χ3n) is 4.34. The van der Waals surface area contributed by atoms with Crippen LogP contribution in [0, 0.1) is 12.8 Å². The van der Waals surface area contributed by atoms with Gasteiger partial charge in [0.15, 0.2) is 0 Å². The van der Waals surface area contributed by atoms with Crippen LogP contribution in [0.2, 0.25) is 0 Å². The van der Waals surface area contributed by atoms with Crippen molar-refractivity contribution in [2.45, 2.75) is 46.1 Å². The number of benzene rings is 1. The van der Waals surface area contributed by atoms with Gasteiger partial charge in [0.05, 0.1) is 6.54 Å². The molecule has 2 heteroatoms. The summed E-state index contributed by atoms with van der Waals surface area (Å²) in [4.78, 5) is 0. The molecule has 106 valence electrons. The van der Waals surface area contributed by atoms with Gasteiger partial charge in [0.25, 0.3) is 0 Å². The Morgan fingerprint density at radius 2 is 2.05 bits per heavy atom. The van der Waals surface area contributed by atoms with Gasteiger partial charge in [-0.3, -0.25) is 0 Å². The van der Waals surface area contributed by atoms with Crippen molar-refractivity contribution in [3.05, 3.63) is 53.0 Å². The summed E-state index contributed by atoms with van der Waals surface area (Å²) in [6, 6.07) is 10.7. The van der Waals surface area contributed by atoms with Gasteiger partial charge in [0.1, 0.15) is 11.5 Å². The summed E-state index contributed by atoms with van der Waals surface area (Å²) in [5.41, 5.74) is 3.92. The van der Waals surface area contributed by atoms with Gasteiger partial charge in [-0.25, -0.2) is 0 Å². The van der Waals surface area contributed by atoms with E-state index < -0.39 is 0 Å². The Labute approximate surface area is 121 Å². The van der Waals surface area contributed by atoms with E-state index in [1.807, 2.05) is 0 Å². The smallest absolute Gasteiger partial charge is 0.123 e. The van der Waals surface area contributed by atoms with Crippen molar-refractivity contribution < 1.29 is 4.42 Å². The molecule has 1 saturated carbocycles. The highest BCUT2D eigenvalue weighted by Crippen LogP contribution is 2.47. The molecule has 20 heavy (non-hydrogen) atoms. The summed E-state index contributed by atoms with van der Waals surface area (Å²) >= 11 is 0. The van der Waals surface area contributed by atoms with Crippen LogP contribution in [0.5, 0.6) is 0 Å². The van der Waals surface area contributed by atoms with E-state index in [-0.39, 0.29) is 0 Å². The average molecular weight is 269 g/mol. The van der Waals surface area contributed by atoms with Crippen LogP contribution in [0.3, 0.4) is 0 Å². The summed E-state index contributed by atoms with van der Waals surface area (Å²) in [7, 11) is 0. The summed E-state index contributed by atoms with van der Waals surface area (Å²) in [6.45, 7) is 7.39. The van der Waals surface area contributed by atoms with E-state index >= 15 is 0 Å². The lowest BCUT2D eigenvalue weighted by Crippen LogP contribution is -2.03. The van der Waals surface area contributed by atoms with Gasteiger partial charge >= 0.3 is 0 Å². The van der Waals surface area contributed by atoms with Crippen LogP contribution in [0.15, 0.2) is 34.7 Å². The van der Waals surface area contributed by atoms with Crippen molar-refractivity contribution in [3.8, 4) is 0 Å². The second kappa shape index (κ2) is 5.35. The molecule has 0 aliphatic heterocycles. The highest BCUT2D eigenvalue weighted by atomic mass is 16.3. The van der Waals surface area contributed by atoms with E-state index in [0.29, 0.717) is 5.92 Å². The molecular weight excluding hydrogens is 246 g/mol. The Hall–Kier alpha value is -1.70. The number of aryl methyl sites for hydroxylation is 2. The van der Waals surface area contributed by atoms with Crippen LogP contribution in [0.25, 0.3) is 0 Å². The van der Waals surface area contributed by atoms with Crippen LogP contribution in [-0.2, 0) is 13.0 Å². The van der Waals surface area contributed by atoms with Crippen molar-refractivity contribution >= 4 is 5.69 Å². The lowest BCUT2D eigenvalue weighted by Gasteiger charge is -2.13.